The van der Waals surface area contributed by atoms with E-state index in [1.54, 1.807) is 0 Å². The van der Waals surface area contributed by atoms with Crippen LogP contribution in [-0.2, 0) is 9.59 Å². The highest BCUT2D eigenvalue weighted by molar-refractivity contribution is 5.79. The number of carbonyl (C=O) groups is 2. The highest BCUT2D eigenvalue weighted by atomic mass is 16.2. The molecule has 0 unspecified atom stereocenters. The normalized spacial score (nSPS) is 10.8. The molecule has 0 atom stereocenters. The lowest BCUT2D eigenvalue weighted by Gasteiger charge is -2.22. The summed E-state index contributed by atoms with van der Waals surface area (Å²) in [5.41, 5.74) is 2.52. The Labute approximate surface area is 181 Å². The first-order valence-corrected chi connectivity index (χ1v) is 11.3. The van der Waals surface area contributed by atoms with E-state index in [0.29, 0.717) is 25.9 Å². The van der Waals surface area contributed by atoms with Crippen molar-refractivity contribution in [1.82, 2.24) is 10.2 Å². The van der Waals surface area contributed by atoms with Crippen molar-refractivity contribution in [3.63, 3.8) is 0 Å². The first kappa shape index (κ1) is 23.7. The minimum atomic E-state index is 0.0132. The first-order valence-electron chi connectivity index (χ1n) is 11.3. The summed E-state index contributed by atoms with van der Waals surface area (Å²) in [5, 5.41) is 3.06. The Balaban J connectivity index is 1.85. The highest BCUT2D eigenvalue weighted by Gasteiger charge is 2.16. The summed E-state index contributed by atoms with van der Waals surface area (Å²) < 4.78 is 0. The summed E-state index contributed by atoms with van der Waals surface area (Å²) in [6.45, 7) is 5.99. The Kier molecular flexibility index (Phi) is 10.7. The van der Waals surface area contributed by atoms with Gasteiger partial charge in [0.15, 0.2) is 0 Å². The summed E-state index contributed by atoms with van der Waals surface area (Å²) in [7, 11) is 0. The van der Waals surface area contributed by atoms with E-state index in [1.807, 2.05) is 17.0 Å². The zero-order valence-electron chi connectivity index (χ0n) is 18.5. The van der Waals surface area contributed by atoms with Crippen LogP contribution in [0.25, 0.3) is 0 Å². The molecule has 2 aromatic carbocycles. The molecule has 4 nitrogen and oxygen atoms in total. The van der Waals surface area contributed by atoms with E-state index in [2.05, 4.69) is 67.7 Å². The van der Waals surface area contributed by atoms with Crippen molar-refractivity contribution < 1.29 is 9.59 Å². The molecule has 2 rings (SSSR count). The van der Waals surface area contributed by atoms with Crippen LogP contribution < -0.4 is 5.32 Å². The quantitative estimate of drug-likeness (QED) is 0.499. The molecule has 0 heterocycles. The van der Waals surface area contributed by atoms with Gasteiger partial charge >= 0.3 is 0 Å². The lowest BCUT2D eigenvalue weighted by atomic mass is 9.88. The minimum absolute atomic E-state index is 0.0132. The Bertz CT molecular complexity index is 707. The van der Waals surface area contributed by atoms with Crippen LogP contribution in [0.1, 0.15) is 69.4 Å². The molecule has 0 aliphatic rings. The summed E-state index contributed by atoms with van der Waals surface area (Å²) >= 11 is 0. The maximum Gasteiger partial charge on any atom is 0.222 e. The molecular weight excluding hydrogens is 372 g/mol. The molecule has 4 heteroatoms. The van der Waals surface area contributed by atoms with Gasteiger partial charge in [0.25, 0.3) is 0 Å². The minimum Gasteiger partial charge on any atom is -0.356 e. The van der Waals surface area contributed by atoms with E-state index in [9.17, 15) is 9.59 Å². The van der Waals surface area contributed by atoms with E-state index in [1.165, 1.54) is 11.1 Å². The molecule has 0 aliphatic carbocycles. The predicted molar refractivity (Wildman–Crippen MR) is 123 cm³/mol. The van der Waals surface area contributed by atoms with Crippen molar-refractivity contribution in [2.45, 2.75) is 58.3 Å². The van der Waals surface area contributed by atoms with Gasteiger partial charge in [-0.25, -0.2) is 0 Å². The van der Waals surface area contributed by atoms with Crippen LogP contribution in [0.5, 0.6) is 0 Å². The van der Waals surface area contributed by atoms with E-state index in [4.69, 9.17) is 0 Å². The number of nitrogens with zero attached hydrogens (tertiary/aromatic N) is 1. The largest absolute Gasteiger partial charge is 0.356 e. The molecule has 2 amide bonds. The maximum absolute atomic E-state index is 12.4. The van der Waals surface area contributed by atoms with E-state index < -0.39 is 0 Å². The number of amides is 2. The Morgan fingerprint density at radius 3 is 1.97 bits per heavy atom. The van der Waals surface area contributed by atoms with E-state index in [0.717, 1.165) is 32.2 Å². The molecule has 2 aromatic rings. The molecule has 0 radical (unpaired) electrons. The molecular formula is C26H36N2O2. The third kappa shape index (κ3) is 8.02. The molecule has 0 saturated heterocycles. The van der Waals surface area contributed by atoms with Crippen LogP contribution in [0.15, 0.2) is 60.7 Å². The molecule has 30 heavy (non-hydrogen) atoms. The molecule has 1 N–H and O–H groups in total. The fraction of sp³-hybridized carbons (Fsp3) is 0.462. The van der Waals surface area contributed by atoms with Crippen molar-refractivity contribution in [2.24, 2.45) is 0 Å². The van der Waals surface area contributed by atoms with E-state index in [-0.39, 0.29) is 17.7 Å². The summed E-state index contributed by atoms with van der Waals surface area (Å²) in [5.74, 6) is 0.430. The van der Waals surface area contributed by atoms with Gasteiger partial charge in [0.1, 0.15) is 0 Å². The molecule has 0 saturated carbocycles. The summed E-state index contributed by atoms with van der Waals surface area (Å²) in [6.07, 6.45) is 4.61. The number of hydrogen-bond donors (Lipinski definition) is 1. The van der Waals surface area contributed by atoms with Crippen LogP contribution in [0, 0.1) is 0 Å². The number of carbonyl (C=O) groups excluding carboxylic acids is 2. The van der Waals surface area contributed by atoms with Gasteiger partial charge in [-0.15, -0.1) is 0 Å². The van der Waals surface area contributed by atoms with Crippen molar-refractivity contribution in [3.8, 4) is 0 Å². The van der Waals surface area contributed by atoms with Crippen molar-refractivity contribution in [1.29, 1.82) is 0 Å². The molecule has 0 aromatic heterocycles. The van der Waals surface area contributed by atoms with Gasteiger partial charge in [-0.05, 0) is 30.4 Å². The van der Waals surface area contributed by atoms with Crippen molar-refractivity contribution >= 4 is 11.8 Å². The summed E-state index contributed by atoms with van der Waals surface area (Å²) in [4.78, 5) is 26.5. The Hall–Kier alpha value is -2.62. The van der Waals surface area contributed by atoms with Crippen LogP contribution >= 0.6 is 0 Å². The highest BCUT2D eigenvalue weighted by Crippen LogP contribution is 2.27. The summed E-state index contributed by atoms with van der Waals surface area (Å²) in [6, 6.07) is 20.9. The van der Waals surface area contributed by atoms with Crippen molar-refractivity contribution in [3.05, 3.63) is 71.8 Å². The van der Waals surface area contributed by atoms with Gasteiger partial charge < -0.3 is 10.2 Å². The SMILES string of the molecule is CCCCC(=O)N(CCC)CCC(=O)NCCC(c1ccccc1)c1ccccc1. The molecule has 162 valence electrons. The standard InChI is InChI=1S/C26H36N2O2/c1-3-5-16-26(30)28(20-4-2)21-18-25(29)27-19-17-24(22-12-8-6-9-13-22)23-14-10-7-11-15-23/h6-15,24H,3-5,16-21H2,1-2H3,(H,27,29). The van der Waals surface area contributed by atoms with Gasteiger partial charge in [-0.1, -0.05) is 80.9 Å². The average Bonchev–Trinajstić information content (AvgIpc) is 2.79. The second kappa shape index (κ2) is 13.6. The number of unbranched alkanes of at least 4 members (excludes halogenated alkanes) is 1. The lowest BCUT2D eigenvalue weighted by Crippen LogP contribution is -2.36. The second-order valence-corrected chi connectivity index (χ2v) is 7.75. The van der Waals surface area contributed by atoms with Gasteiger partial charge in [0.2, 0.25) is 11.8 Å². The van der Waals surface area contributed by atoms with Gasteiger partial charge in [0, 0.05) is 38.4 Å². The van der Waals surface area contributed by atoms with Crippen molar-refractivity contribution in [2.75, 3.05) is 19.6 Å². The molecule has 0 spiro atoms. The Morgan fingerprint density at radius 2 is 1.43 bits per heavy atom. The zero-order chi connectivity index (χ0) is 21.6. The van der Waals surface area contributed by atoms with Crippen LogP contribution in [0.2, 0.25) is 0 Å². The third-order valence-electron chi connectivity index (χ3n) is 5.36. The Morgan fingerprint density at radius 1 is 0.833 bits per heavy atom. The number of benzene rings is 2. The molecule has 0 bridgehead atoms. The average molecular weight is 409 g/mol. The fourth-order valence-electron chi connectivity index (χ4n) is 3.69. The maximum atomic E-state index is 12.4. The predicted octanol–water partition coefficient (Wildman–Crippen LogP) is 5.14. The topological polar surface area (TPSA) is 49.4 Å². The van der Waals surface area contributed by atoms with Gasteiger partial charge in [-0.2, -0.15) is 0 Å². The second-order valence-electron chi connectivity index (χ2n) is 7.75. The van der Waals surface area contributed by atoms with Crippen LogP contribution in [-0.4, -0.2) is 36.3 Å². The monoisotopic (exact) mass is 408 g/mol. The number of rotatable bonds is 13. The lowest BCUT2D eigenvalue weighted by molar-refractivity contribution is -0.132. The fourth-order valence-corrected chi connectivity index (χ4v) is 3.69. The zero-order valence-corrected chi connectivity index (χ0v) is 18.5. The number of hydrogen-bond acceptors (Lipinski definition) is 2. The first-order chi connectivity index (χ1) is 14.7. The van der Waals surface area contributed by atoms with Gasteiger partial charge in [0.05, 0.1) is 0 Å². The molecule has 0 aliphatic heterocycles. The smallest absolute Gasteiger partial charge is 0.222 e. The van der Waals surface area contributed by atoms with Gasteiger partial charge in [-0.3, -0.25) is 9.59 Å². The van der Waals surface area contributed by atoms with Crippen LogP contribution in [0.4, 0.5) is 0 Å². The van der Waals surface area contributed by atoms with E-state index >= 15 is 0 Å². The molecule has 0 fully saturated rings. The van der Waals surface area contributed by atoms with Crippen LogP contribution in [0.3, 0.4) is 0 Å². The number of nitrogens with one attached hydrogen (secondary N) is 1. The third-order valence-corrected chi connectivity index (χ3v) is 5.36.